The third kappa shape index (κ3) is 3.77. The predicted octanol–water partition coefficient (Wildman–Crippen LogP) is 1.28. The van der Waals surface area contributed by atoms with Gasteiger partial charge in [0.05, 0.1) is 11.3 Å². The third-order valence-electron chi connectivity index (χ3n) is 3.65. The molecule has 1 aromatic rings. The average molecular weight is 249 g/mol. The molecule has 3 N–H and O–H groups in total. The number of hydrogen-bond acceptors (Lipinski definition) is 4. The van der Waals surface area contributed by atoms with Crippen LogP contribution in [0.1, 0.15) is 37.4 Å². The second kappa shape index (κ2) is 5.78. The van der Waals surface area contributed by atoms with Crippen LogP contribution in [0.15, 0.2) is 18.3 Å². The summed E-state index contributed by atoms with van der Waals surface area (Å²) in [4.78, 5) is 6.61. The van der Waals surface area contributed by atoms with Gasteiger partial charge in [-0.2, -0.15) is 0 Å². The molecule has 18 heavy (non-hydrogen) atoms. The molecule has 1 aliphatic heterocycles. The van der Waals surface area contributed by atoms with Gasteiger partial charge in [-0.3, -0.25) is 9.88 Å². The van der Waals surface area contributed by atoms with Crippen LogP contribution in [0.4, 0.5) is 0 Å². The highest BCUT2D eigenvalue weighted by atomic mass is 16.3. The number of aliphatic hydroxyl groups is 1. The average Bonchev–Trinajstić information content (AvgIpc) is 2.51. The Morgan fingerprint density at radius 1 is 1.44 bits per heavy atom. The fourth-order valence-electron chi connectivity index (χ4n) is 2.47. The highest BCUT2D eigenvalue weighted by Crippen LogP contribution is 2.22. The third-order valence-corrected chi connectivity index (χ3v) is 3.65. The molecule has 0 radical (unpaired) electrons. The standard InChI is InChI=1S/C14H23N3O/c1-14(18)4-2-7-17(8-5-14)11-12-3-6-16-13(9-12)10-15/h3,6,9,18H,2,4-5,7-8,10-11,15H2,1H3. The summed E-state index contributed by atoms with van der Waals surface area (Å²) in [6, 6.07) is 4.12. The highest BCUT2D eigenvalue weighted by molar-refractivity contribution is 5.16. The van der Waals surface area contributed by atoms with Crippen molar-refractivity contribution in [3.8, 4) is 0 Å². The van der Waals surface area contributed by atoms with Crippen molar-refractivity contribution in [2.75, 3.05) is 13.1 Å². The minimum absolute atomic E-state index is 0.489. The molecule has 0 aliphatic carbocycles. The lowest BCUT2D eigenvalue weighted by Crippen LogP contribution is -2.28. The summed E-state index contributed by atoms with van der Waals surface area (Å²) in [6.07, 6.45) is 4.63. The second-order valence-corrected chi connectivity index (χ2v) is 5.49. The summed E-state index contributed by atoms with van der Waals surface area (Å²) < 4.78 is 0. The van der Waals surface area contributed by atoms with E-state index in [-0.39, 0.29) is 0 Å². The van der Waals surface area contributed by atoms with Gasteiger partial charge in [0, 0.05) is 25.8 Å². The number of pyridine rings is 1. The lowest BCUT2D eigenvalue weighted by atomic mass is 9.98. The summed E-state index contributed by atoms with van der Waals surface area (Å²) in [6.45, 7) is 5.35. The van der Waals surface area contributed by atoms with Crippen LogP contribution in [-0.4, -0.2) is 33.7 Å². The fraction of sp³-hybridized carbons (Fsp3) is 0.643. The normalized spacial score (nSPS) is 25.9. The molecule has 2 heterocycles. The molecule has 0 aromatic carbocycles. The molecular formula is C14H23N3O. The maximum Gasteiger partial charge on any atom is 0.0632 e. The fourth-order valence-corrected chi connectivity index (χ4v) is 2.47. The van der Waals surface area contributed by atoms with Crippen molar-refractivity contribution in [3.63, 3.8) is 0 Å². The number of rotatable bonds is 3. The van der Waals surface area contributed by atoms with Gasteiger partial charge < -0.3 is 10.8 Å². The molecule has 0 bridgehead atoms. The van der Waals surface area contributed by atoms with Crippen molar-refractivity contribution in [3.05, 3.63) is 29.6 Å². The van der Waals surface area contributed by atoms with E-state index in [4.69, 9.17) is 5.73 Å². The second-order valence-electron chi connectivity index (χ2n) is 5.49. The SMILES string of the molecule is CC1(O)CCCN(Cc2ccnc(CN)c2)CC1. The zero-order valence-electron chi connectivity index (χ0n) is 11.1. The minimum atomic E-state index is -0.491. The number of aromatic nitrogens is 1. The largest absolute Gasteiger partial charge is 0.390 e. The monoisotopic (exact) mass is 249 g/mol. The Balaban J connectivity index is 1.96. The molecule has 4 nitrogen and oxygen atoms in total. The summed E-state index contributed by atoms with van der Waals surface area (Å²) in [5, 5.41) is 10.1. The van der Waals surface area contributed by atoms with E-state index in [1.807, 2.05) is 19.2 Å². The van der Waals surface area contributed by atoms with E-state index in [1.165, 1.54) is 5.56 Å². The van der Waals surface area contributed by atoms with Crippen LogP contribution in [0.5, 0.6) is 0 Å². The van der Waals surface area contributed by atoms with Crippen LogP contribution in [0, 0.1) is 0 Å². The molecule has 0 amide bonds. The molecule has 1 saturated heterocycles. The molecule has 1 unspecified atom stereocenters. The van der Waals surface area contributed by atoms with E-state index < -0.39 is 5.60 Å². The van der Waals surface area contributed by atoms with Crippen LogP contribution < -0.4 is 5.73 Å². The van der Waals surface area contributed by atoms with E-state index in [2.05, 4.69) is 16.0 Å². The smallest absolute Gasteiger partial charge is 0.0632 e. The summed E-state index contributed by atoms with van der Waals surface area (Å²) >= 11 is 0. The van der Waals surface area contributed by atoms with Gasteiger partial charge in [-0.15, -0.1) is 0 Å². The Morgan fingerprint density at radius 3 is 3.06 bits per heavy atom. The Kier molecular flexibility index (Phi) is 4.32. The predicted molar refractivity (Wildman–Crippen MR) is 71.9 cm³/mol. The molecule has 2 rings (SSSR count). The Bertz CT molecular complexity index is 392. The molecular weight excluding hydrogens is 226 g/mol. The van der Waals surface area contributed by atoms with Crippen molar-refractivity contribution in [1.82, 2.24) is 9.88 Å². The van der Waals surface area contributed by atoms with Gasteiger partial charge in [0.2, 0.25) is 0 Å². The molecule has 1 atom stereocenters. The molecule has 1 aromatic heterocycles. The first-order valence-corrected chi connectivity index (χ1v) is 6.68. The van der Waals surface area contributed by atoms with E-state index in [0.29, 0.717) is 6.54 Å². The topological polar surface area (TPSA) is 62.4 Å². The van der Waals surface area contributed by atoms with Crippen LogP contribution in [0.3, 0.4) is 0 Å². The van der Waals surface area contributed by atoms with Crippen LogP contribution in [-0.2, 0) is 13.1 Å². The van der Waals surface area contributed by atoms with E-state index >= 15 is 0 Å². The highest BCUT2D eigenvalue weighted by Gasteiger charge is 2.24. The summed E-state index contributed by atoms with van der Waals surface area (Å²) in [5.74, 6) is 0. The molecule has 1 aliphatic rings. The van der Waals surface area contributed by atoms with E-state index in [0.717, 1.165) is 44.6 Å². The first-order chi connectivity index (χ1) is 8.59. The Labute approximate surface area is 109 Å². The number of hydrogen-bond donors (Lipinski definition) is 2. The lowest BCUT2D eigenvalue weighted by molar-refractivity contribution is 0.0444. The molecule has 0 saturated carbocycles. The van der Waals surface area contributed by atoms with Crippen molar-refractivity contribution < 1.29 is 5.11 Å². The molecule has 1 fully saturated rings. The molecule has 100 valence electrons. The van der Waals surface area contributed by atoms with Gasteiger partial charge >= 0.3 is 0 Å². The van der Waals surface area contributed by atoms with Gasteiger partial charge in [-0.05, 0) is 50.4 Å². The van der Waals surface area contributed by atoms with E-state index in [9.17, 15) is 5.11 Å². The van der Waals surface area contributed by atoms with Crippen molar-refractivity contribution in [1.29, 1.82) is 0 Å². The first kappa shape index (κ1) is 13.5. The van der Waals surface area contributed by atoms with Crippen molar-refractivity contribution in [2.24, 2.45) is 5.73 Å². The van der Waals surface area contributed by atoms with Gasteiger partial charge in [-0.25, -0.2) is 0 Å². The van der Waals surface area contributed by atoms with Crippen LogP contribution in [0.2, 0.25) is 0 Å². The first-order valence-electron chi connectivity index (χ1n) is 6.68. The zero-order chi connectivity index (χ0) is 13.0. The van der Waals surface area contributed by atoms with Gasteiger partial charge in [0.1, 0.15) is 0 Å². The quantitative estimate of drug-likeness (QED) is 0.847. The van der Waals surface area contributed by atoms with Gasteiger partial charge in [-0.1, -0.05) is 0 Å². The van der Waals surface area contributed by atoms with E-state index in [1.54, 1.807) is 0 Å². The van der Waals surface area contributed by atoms with Crippen LogP contribution >= 0.6 is 0 Å². The maximum atomic E-state index is 10.1. The molecule has 4 heteroatoms. The number of nitrogens with two attached hydrogens (primary N) is 1. The zero-order valence-corrected chi connectivity index (χ0v) is 11.1. The lowest BCUT2D eigenvalue weighted by Gasteiger charge is -2.22. The number of nitrogens with zero attached hydrogens (tertiary/aromatic N) is 2. The van der Waals surface area contributed by atoms with Gasteiger partial charge in [0.15, 0.2) is 0 Å². The minimum Gasteiger partial charge on any atom is -0.390 e. The number of likely N-dealkylation sites (tertiary alicyclic amines) is 1. The summed E-state index contributed by atoms with van der Waals surface area (Å²) in [5.41, 5.74) is 7.31. The Hall–Kier alpha value is -0.970. The van der Waals surface area contributed by atoms with Crippen molar-refractivity contribution >= 4 is 0 Å². The van der Waals surface area contributed by atoms with Crippen molar-refractivity contribution in [2.45, 2.75) is 44.9 Å². The molecule has 0 spiro atoms. The van der Waals surface area contributed by atoms with Gasteiger partial charge in [0.25, 0.3) is 0 Å². The van der Waals surface area contributed by atoms with Crippen LogP contribution in [0.25, 0.3) is 0 Å². The summed E-state index contributed by atoms with van der Waals surface area (Å²) in [7, 11) is 0. The Morgan fingerprint density at radius 2 is 2.28 bits per heavy atom. The maximum absolute atomic E-state index is 10.1.